The summed E-state index contributed by atoms with van der Waals surface area (Å²) in [5.41, 5.74) is 3.30. The number of anilines is 2. The first-order chi connectivity index (χ1) is 17.1. The van der Waals surface area contributed by atoms with E-state index in [1.165, 1.54) is 12.7 Å². The van der Waals surface area contributed by atoms with Crippen molar-refractivity contribution in [2.24, 2.45) is 0 Å². The molecule has 6 heteroatoms. The highest BCUT2D eigenvalue weighted by Crippen LogP contribution is 2.36. The zero-order valence-electron chi connectivity index (χ0n) is 20.2. The topological polar surface area (TPSA) is 50.8 Å². The predicted octanol–water partition coefficient (Wildman–Crippen LogP) is 6.93. The minimum atomic E-state index is -0.214. The molecule has 0 bridgehead atoms. The highest BCUT2D eigenvalue weighted by molar-refractivity contribution is 8.00. The SMILES string of the molecule is COC(=O)CC(C)N(Cc1ccccc1)c1ccc(NSc2ccc(OC)cc2)c2ccccc12. The van der Waals surface area contributed by atoms with Gasteiger partial charge in [0.05, 0.1) is 26.3 Å². The van der Waals surface area contributed by atoms with Crippen molar-refractivity contribution in [2.75, 3.05) is 23.8 Å². The third-order valence-electron chi connectivity index (χ3n) is 5.97. The summed E-state index contributed by atoms with van der Waals surface area (Å²) >= 11 is 1.56. The third kappa shape index (κ3) is 6.08. The van der Waals surface area contributed by atoms with Gasteiger partial charge in [0.2, 0.25) is 0 Å². The molecular formula is C29H30N2O3S. The van der Waals surface area contributed by atoms with Gasteiger partial charge in [-0.25, -0.2) is 0 Å². The summed E-state index contributed by atoms with van der Waals surface area (Å²) in [6, 6.07) is 30.9. The number of hydrogen-bond acceptors (Lipinski definition) is 6. The van der Waals surface area contributed by atoms with E-state index in [9.17, 15) is 4.79 Å². The number of esters is 1. The Hall–Kier alpha value is -3.64. The number of hydrogen-bond donors (Lipinski definition) is 1. The molecule has 0 spiro atoms. The van der Waals surface area contributed by atoms with Crippen LogP contribution in [0.25, 0.3) is 10.8 Å². The van der Waals surface area contributed by atoms with Crippen LogP contribution in [0.2, 0.25) is 0 Å². The Morgan fingerprint density at radius 2 is 1.57 bits per heavy atom. The van der Waals surface area contributed by atoms with Crippen LogP contribution >= 0.6 is 11.9 Å². The first kappa shape index (κ1) is 24.5. The van der Waals surface area contributed by atoms with Gasteiger partial charge in [0.1, 0.15) is 5.75 Å². The molecule has 0 heterocycles. The Kier molecular flexibility index (Phi) is 8.16. The van der Waals surface area contributed by atoms with Crippen LogP contribution in [0.5, 0.6) is 5.75 Å². The van der Waals surface area contributed by atoms with Crippen molar-refractivity contribution < 1.29 is 14.3 Å². The fraction of sp³-hybridized carbons (Fsp3) is 0.207. The monoisotopic (exact) mass is 486 g/mol. The van der Waals surface area contributed by atoms with Gasteiger partial charge < -0.3 is 19.1 Å². The third-order valence-corrected chi connectivity index (χ3v) is 6.80. The number of rotatable bonds is 10. The number of fused-ring (bicyclic) bond motifs is 1. The van der Waals surface area contributed by atoms with Crippen LogP contribution in [-0.2, 0) is 16.1 Å². The summed E-state index contributed by atoms with van der Waals surface area (Å²) in [7, 11) is 3.11. The van der Waals surface area contributed by atoms with E-state index < -0.39 is 0 Å². The van der Waals surface area contributed by atoms with Crippen molar-refractivity contribution in [3.8, 4) is 5.75 Å². The Morgan fingerprint density at radius 3 is 2.26 bits per heavy atom. The Morgan fingerprint density at radius 1 is 0.886 bits per heavy atom. The molecule has 180 valence electrons. The molecule has 1 atom stereocenters. The lowest BCUT2D eigenvalue weighted by atomic mass is 10.0. The normalized spacial score (nSPS) is 11.6. The molecule has 5 nitrogen and oxygen atoms in total. The van der Waals surface area contributed by atoms with Gasteiger partial charge in [-0.1, -0.05) is 54.6 Å². The fourth-order valence-electron chi connectivity index (χ4n) is 4.07. The van der Waals surface area contributed by atoms with Gasteiger partial charge in [0, 0.05) is 33.9 Å². The zero-order chi connectivity index (χ0) is 24.6. The molecule has 0 aliphatic heterocycles. The molecule has 0 aliphatic carbocycles. The number of nitrogens with one attached hydrogen (secondary N) is 1. The molecule has 0 aromatic heterocycles. The molecule has 35 heavy (non-hydrogen) atoms. The van der Waals surface area contributed by atoms with E-state index in [-0.39, 0.29) is 12.0 Å². The van der Waals surface area contributed by atoms with Gasteiger partial charge in [0.15, 0.2) is 0 Å². The second-order valence-electron chi connectivity index (χ2n) is 8.30. The van der Waals surface area contributed by atoms with E-state index in [0.717, 1.165) is 32.8 Å². The van der Waals surface area contributed by atoms with Crippen molar-refractivity contribution in [3.05, 3.63) is 96.6 Å². The van der Waals surface area contributed by atoms with Gasteiger partial charge in [-0.15, -0.1) is 0 Å². The maximum absolute atomic E-state index is 12.1. The molecule has 0 saturated carbocycles. The van der Waals surface area contributed by atoms with Gasteiger partial charge in [0.25, 0.3) is 0 Å². The number of carbonyl (C=O) groups is 1. The first-order valence-electron chi connectivity index (χ1n) is 11.5. The molecule has 4 aromatic rings. The van der Waals surface area contributed by atoms with Crippen LogP contribution in [0.4, 0.5) is 11.4 Å². The first-order valence-corrected chi connectivity index (χ1v) is 12.4. The van der Waals surface area contributed by atoms with E-state index in [0.29, 0.717) is 13.0 Å². The van der Waals surface area contributed by atoms with Crippen molar-refractivity contribution in [1.29, 1.82) is 0 Å². The highest BCUT2D eigenvalue weighted by atomic mass is 32.2. The summed E-state index contributed by atoms with van der Waals surface area (Å²) in [6.07, 6.45) is 0.310. The van der Waals surface area contributed by atoms with Crippen LogP contribution in [0.3, 0.4) is 0 Å². The Labute approximate surface area is 211 Å². The lowest BCUT2D eigenvalue weighted by Crippen LogP contribution is -2.34. The fourth-order valence-corrected chi connectivity index (χ4v) is 4.75. The molecule has 0 amide bonds. The molecule has 4 aromatic carbocycles. The molecule has 1 N–H and O–H groups in total. The molecule has 0 aliphatic rings. The summed E-state index contributed by atoms with van der Waals surface area (Å²) in [5, 5.41) is 2.25. The van der Waals surface area contributed by atoms with Crippen molar-refractivity contribution in [2.45, 2.75) is 30.8 Å². The maximum atomic E-state index is 12.1. The van der Waals surface area contributed by atoms with Crippen LogP contribution < -0.4 is 14.4 Å². The van der Waals surface area contributed by atoms with E-state index in [1.54, 1.807) is 19.1 Å². The van der Waals surface area contributed by atoms with E-state index in [1.807, 2.05) is 42.5 Å². The summed E-state index contributed by atoms with van der Waals surface area (Å²) < 4.78 is 13.7. The summed E-state index contributed by atoms with van der Waals surface area (Å²) in [5.74, 6) is 0.623. The molecule has 1 unspecified atom stereocenters. The second kappa shape index (κ2) is 11.7. The van der Waals surface area contributed by atoms with E-state index in [2.05, 4.69) is 65.1 Å². The van der Waals surface area contributed by atoms with Crippen molar-refractivity contribution in [1.82, 2.24) is 0 Å². The Bertz CT molecular complexity index is 1260. The average Bonchev–Trinajstić information content (AvgIpc) is 2.91. The second-order valence-corrected chi connectivity index (χ2v) is 9.18. The minimum Gasteiger partial charge on any atom is -0.497 e. The molecule has 0 saturated heterocycles. The molecule has 0 fully saturated rings. The molecule has 4 rings (SSSR count). The van der Waals surface area contributed by atoms with E-state index in [4.69, 9.17) is 9.47 Å². The number of benzene rings is 4. The lowest BCUT2D eigenvalue weighted by molar-refractivity contribution is -0.140. The highest BCUT2D eigenvalue weighted by Gasteiger charge is 2.21. The number of carbonyl (C=O) groups excluding carboxylic acids is 1. The predicted molar refractivity (Wildman–Crippen MR) is 145 cm³/mol. The van der Waals surface area contributed by atoms with Crippen LogP contribution in [0.15, 0.2) is 95.9 Å². The largest absolute Gasteiger partial charge is 0.497 e. The Balaban J connectivity index is 1.66. The van der Waals surface area contributed by atoms with Gasteiger partial charge in [-0.2, -0.15) is 0 Å². The van der Waals surface area contributed by atoms with Crippen LogP contribution in [-0.4, -0.2) is 26.2 Å². The number of methoxy groups -OCH3 is 2. The minimum absolute atomic E-state index is 0.0430. The molecular weight excluding hydrogens is 456 g/mol. The molecule has 0 radical (unpaired) electrons. The van der Waals surface area contributed by atoms with Gasteiger partial charge in [-0.3, -0.25) is 4.79 Å². The van der Waals surface area contributed by atoms with Crippen LogP contribution in [0, 0.1) is 0 Å². The van der Waals surface area contributed by atoms with Crippen molar-refractivity contribution in [3.63, 3.8) is 0 Å². The van der Waals surface area contributed by atoms with Gasteiger partial charge in [-0.05, 0) is 60.8 Å². The lowest BCUT2D eigenvalue weighted by Gasteiger charge is -2.32. The maximum Gasteiger partial charge on any atom is 0.307 e. The number of nitrogens with zero attached hydrogens (tertiary/aromatic N) is 1. The quantitative estimate of drug-likeness (QED) is 0.194. The summed E-state index contributed by atoms with van der Waals surface area (Å²) in [4.78, 5) is 15.5. The van der Waals surface area contributed by atoms with E-state index >= 15 is 0 Å². The smallest absolute Gasteiger partial charge is 0.307 e. The van der Waals surface area contributed by atoms with Crippen LogP contribution in [0.1, 0.15) is 18.9 Å². The standard InChI is InChI=1S/C29H30N2O3S/c1-21(19-29(32)34-3)31(20-22-9-5-4-6-10-22)28-18-17-27(25-11-7-8-12-26(25)28)30-35-24-15-13-23(33-2)14-16-24/h4-18,21,30H,19-20H2,1-3H3. The average molecular weight is 487 g/mol. The summed E-state index contributed by atoms with van der Waals surface area (Å²) in [6.45, 7) is 2.76. The van der Waals surface area contributed by atoms with Crippen molar-refractivity contribution >= 4 is 40.1 Å². The number of ether oxygens (including phenoxy) is 2. The van der Waals surface area contributed by atoms with Gasteiger partial charge >= 0.3 is 5.97 Å². The zero-order valence-corrected chi connectivity index (χ0v) is 21.0.